The van der Waals surface area contributed by atoms with Crippen LogP contribution >= 0.6 is 0 Å². The molecule has 0 heterocycles. The highest BCUT2D eigenvalue weighted by Gasteiger charge is 2.04. The Hall–Kier alpha value is -1.72. The van der Waals surface area contributed by atoms with Crippen molar-refractivity contribution in [2.24, 2.45) is 0 Å². The monoisotopic (exact) mass is 609 g/mol. The first kappa shape index (κ1) is 38.5. The third kappa shape index (κ3) is 19.6. The van der Waals surface area contributed by atoms with Crippen molar-refractivity contribution in [2.45, 2.75) is 130 Å². The van der Waals surface area contributed by atoms with Gasteiger partial charge in [0, 0.05) is 13.2 Å². The number of ether oxygens (including phenoxy) is 2. The van der Waals surface area contributed by atoms with E-state index < -0.39 is 0 Å². The first-order valence-corrected chi connectivity index (χ1v) is 18.3. The minimum Gasteiger partial charge on any atom is -0.377 e. The van der Waals surface area contributed by atoms with E-state index in [9.17, 15) is 0 Å². The lowest BCUT2D eigenvalue weighted by atomic mass is 10.0. The average molecular weight is 609 g/mol. The standard InChI is InChI=1S/C40H68N2O2/c1-5-7-9-11-13-15-27-41(3)29-17-19-31-43-35-37-23-21-25-39(33-37)40-26-22-24-38(34-40)36-44-32-20-18-30-42(4)28-16-14-12-10-8-6-2/h21-26,33-34H,5-20,27-32,35-36H2,1-4H3. The second kappa shape index (κ2) is 26.5. The van der Waals surface area contributed by atoms with E-state index in [1.807, 2.05) is 0 Å². The molecule has 0 aliphatic rings. The van der Waals surface area contributed by atoms with Crippen LogP contribution in [-0.4, -0.2) is 63.3 Å². The van der Waals surface area contributed by atoms with Crippen LogP contribution in [-0.2, 0) is 22.7 Å². The van der Waals surface area contributed by atoms with Crippen molar-refractivity contribution >= 4 is 0 Å². The summed E-state index contributed by atoms with van der Waals surface area (Å²) in [5.41, 5.74) is 4.98. The summed E-state index contributed by atoms with van der Waals surface area (Å²) in [6.45, 7) is 12.4. The predicted molar refractivity (Wildman–Crippen MR) is 191 cm³/mol. The number of benzene rings is 2. The van der Waals surface area contributed by atoms with Gasteiger partial charge in [-0.25, -0.2) is 0 Å². The third-order valence-corrected chi connectivity index (χ3v) is 8.67. The van der Waals surface area contributed by atoms with Gasteiger partial charge >= 0.3 is 0 Å². The number of unbranched alkanes of at least 4 members (excludes halogenated alkanes) is 12. The molecule has 0 saturated heterocycles. The minimum absolute atomic E-state index is 0.679. The van der Waals surface area contributed by atoms with Crippen molar-refractivity contribution in [1.29, 1.82) is 0 Å². The maximum atomic E-state index is 6.05. The normalized spacial score (nSPS) is 11.7. The Bertz CT molecular complexity index is 858. The molecule has 0 aromatic heterocycles. The van der Waals surface area contributed by atoms with Crippen molar-refractivity contribution in [2.75, 3.05) is 53.5 Å². The molecule has 2 aromatic carbocycles. The summed E-state index contributed by atoms with van der Waals surface area (Å²) in [7, 11) is 4.52. The molecular weight excluding hydrogens is 540 g/mol. The molecule has 44 heavy (non-hydrogen) atoms. The van der Waals surface area contributed by atoms with E-state index in [1.165, 1.54) is 138 Å². The first-order valence-electron chi connectivity index (χ1n) is 18.3. The molecular formula is C40H68N2O2. The zero-order valence-electron chi connectivity index (χ0n) is 29.3. The van der Waals surface area contributed by atoms with Gasteiger partial charge in [0.05, 0.1) is 13.2 Å². The summed E-state index contributed by atoms with van der Waals surface area (Å²) >= 11 is 0. The fourth-order valence-corrected chi connectivity index (χ4v) is 5.78. The number of hydrogen-bond donors (Lipinski definition) is 0. The fraction of sp³-hybridized carbons (Fsp3) is 0.700. The van der Waals surface area contributed by atoms with E-state index in [-0.39, 0.29) is 0 Å². The molecule has 0 fully saturated rings. The van der Waals surface area contributed by atoms with Crippen molar-refractivity contribution in [3.63, 3.8) is 0 Å². The molecule has 2 aromatic rings. The van der Waals surface area contributed by atoms with Crippen LogP contribution in [0, 0.1) is 0 Å². The lowest BCUT2D eigenvalue weighted by molar-refractivity contribution is 0.115. The summed E-state index contributed by atoms with van der Waals surface area (Å²) in [4.78, 5) is 4.97. The molecule has 2 rings (SSSR count). The first-order chi connectivity index (χ1) is 21.6. The van der Waals surface area contributed by atoms with Crippen molar-refractivity contribution in [3.8, 4) is 11.1 Å². The number of nitrogens with zero attached hydrogens (tertiary/aromatic N) is 2. The molecule has 250 valence electrons. The molecule has 0 atom stereocenters. The van der Waals surface area contributed by atoms with E-state index >= 15 is 0 Å². The zero-order valence-corrected chi connectivity index (χ0v) is 29.3. The Kier molecular flexibility index (Phi) is 23.2. The lowest BCUT2D eigenvalue weighted by Gasteiger charge is -2.16. The summed E-state index contributed by atoms with van der Waals surface area (Å²) in [5.74, 6) is 0. The van der Waals surface area contributed by atoms with Gasteiger partial charge in [0.2, 0.25) is 0 Å². The Labute approximate surface area is 272 Å². The minimum atomic E-state index is 0.679. The van der Waals surface area contributed by atoms with Crippen LogP contribution in [0.25, 0.3) is 11.1 Å². The van der Waals surface area contributed by atoms with Crippen LogP contribution in [0.2, 0.25) is 0 Å². The van der Waals surface area contributed by atoms with Gasteiger partial charge in [0.15, 0.2) is 0 Å². The van der Waals surface area contributed by atoms with E-state index in [0.29, 0.717) is 13.2 Å². The molecule has 4 nitrogen and oxygen atoms in total. The molecule has 0 spiro atoms. The van der Waals surface area contributed by atoms with Crippen molar-refractivity contribution in [3.05, 3.63) is 59.7 Å². The SMILES string of the molecule is CCCCCCCCN(C)CCCCOCc1cccc(-c2cccc(COCCCCN(C)CCCCCCCC)c2)c1. The zero-order chi connectivity index (χ0) is 31.5. The van der Waals surface area contributed by atoms with Gasteiger partial charge in [-0.05, 0) is 113 Å². The Morgan fingerprint density at radius 2 is 0.818 bits per heavy atom. The van der Waals surface area contributed by atoms with Crippen LogP contribution in [0.1, 0.15) is 128 Å². The summed E-state index contributed by atoms with van der Waals surface area (Å²) < 4.78 is 12.1. The molecule has 0 unspecified atom stereocenters. The summed E-state index contributed by atoms with van der Waals surface area (Å²) in [6.07, 6.45) is 21.1. The largest absolute Gasteiger partial charge is 0.377 e. The smallest absolute Gasteiger partial charge is 0.0717 e. The Morgan fingerprint density at radius 1 is 0.455 bits per heavy atom. The van der Waals surface area contributed by atoms with Gasteiger partial charge in [0.1, 0.15) is 0 Å². The van der Waals surface area contributed by atoms with E-state index in [2.05, 4.69) is 86.3 Å². The molecule has 0 N–H and O–H groups in total. The Morgan fingerprint density at radius 3 is 1.23 bits per heavy atom. The summed E-state index contributed by atoms with van der Waals surface area (Å²) in [6, 6.07) is 17.6. The highest BCUT2D eigenvalue weighted by molar-refractivity contribution is 5.64. The van der Waals surface area contributed by atoms with Gasteiger partial charge in [-0.3, -0.25) is 0 Å². The second-order valence-electron chi connectivity index (χ2n) is 13.1. The molecule has 0 aliphatic carbocycles. The molecule has 0 bridgehead atoms. The number of hydrogen-bond acceptors (Lipinski definition) is 4. The van der Waals surface area contributed by atoms with E-state index in [0.717, 1.165) is 26.1 Å². The van der Waals surface area contributed by atoms with Crippen molar-refractivity contribution in [1.82, 2.24) is 9.80 Å². The quantitative estimate of drug-likeness (QED) is 0.0858. The third-order valence-electron chi connectivity index (χ3n) is 8.67. The molecule has 0 amide bonds. The van der Waals surface area contributed by atoms with Gasteiger partial charge in [-0.15, -0.1) is 0 Å². The molecule has 4 heteroatoms. The van der Waals surface area contributed by atoms with Gasteiger partial charge in [-0.2, -0.15) is 0 Å². The molecule has 0 saturated carbocycles. The lowest BCUT2D eigenvalue weighted by Crippen LogP contribution is -2.21. The topological polar surface area (TPSA) is 24.9 Å². The second-order valence-corrected chi connectivity index (χ2v) is 13.1. The maximum Gasteiger partial charge on any atom is 0.0717 e. The van der Waals surface area contributed by atoms with Crippen LogP contribution in [0.15, 0.2) is 48.5 Å². The van der Waals surface area contributed by atoms with Crippen LogP contribution in [0.3, 0.4) is 0 Å². The van der Waals surface area contributed by atoms with Crippen LogP contribution < -0.4 is 0 Å². The van der Waals surface area contributed by atoms with Crippen molar-refractivity contribution < 1.29 is 9.47 Å². The fourth-order valence-electron chi connectivity index (χ4n) is 5.78. The Balaban J connectivity index is 1.57. The van der Waals surface area contributed by atoms with Gasteiger partial charge in [0.25, 0.3) is 0 Å². The van der Waals surface area contributed by atoms with Gasteiger partial charge < -0.3 is 19.3 Å². The maximum absolute atomic E-state index is 6.05. The van der Waals surface area contributed by atoms with Crippen LogP contribution in [0.4, 0.5) is 0 Å². The predicted octanol–water partition coefficient (Wildman–Crippen LogP) is 10.5. The molecule has 0 radical (unpaired) electrons. The number of rotatable bonds is 29. The summed E-state index contributed by atoms with van der Waals surface area (Å²) in [5, 5.41) is 0. The van der Waals surface area contributed by atoms with Crippen LogP contribution in [0.5, 0.6) is 0 Å². The van der Waals surface area contributed by atoms with Gasteiger partial charge in [-0.1, -0.05) is 114 Å². The van der Waals surface area contributed by atoms with E-state index in [1.54, 1.807) is 0 Å². The average Bonchev–Trinajstić information content (AvgIpc) is 3.04. The molecule has 0 aliphatic heterocycles. The van der Waals surface area contributed by atoms with E-state index in [4.69, 9.17) is 9.47 Å². The highest BCUT2D eigenvalue weighted by Crippen LogP contribution is 2.22. The highest BCUT2D eigenvalue weighted by atomic mass is 16.5.